The van der Waals surface area contributed by atoms with E-state index in [9.17, 15) is 0 Å². The number of hydrogen-bond acceptors (Lipinski definition) is 3. The number of nitrogens with zero attached hydrogens (tertiary/aromatic N) is 1. The van der Waals surface area contributed by atoms with Crippen LogP contribution in [0.3, 0.4) is 0 Å². The van der Waals surface area contributed by atoms with Crippen molar-refractivity contribution in [1.29, 1.82) is 0 Å². The Kier molecular flexibility index (Phi) is 1.70. The van der Waals surface area contributed by atoms with Crippen LogP contribution in [0.25, 0.3) is 0 Å². The van der Waals surface area contributed by atoms with E-state index in [-0.39, 0.29) is 0 Å². The van der Waals surface area contributed by atoms with Crippen molar-refractivity contribution in [3.63, 3.8) is 0 Å². The number of nitrogens with one attached hydrogen (secondary N) is 1. The van der Waals surface area contributed by atoms with Crippen molar-refractivity contribution in [2.24, 2.45) is 5.10 Å². The molecule has 1 heterocycles. The van der Waals surface area contributed by atoms with Gasteiger partial charge in [-0.05, 0) is 11.6 Å². The summed E-state index contributed by atoms with van der Waals surface area (Å²) in [5.74, 6) is 0.664. The number of fused-ring (bicyclic) bond motifs is 1. The number of methoxy groups -OCH3 is 1. The zero-order chi connectivity index (χ0) is 8.39. The molecule has 12 heavy (non-hydrogen) atoms. The summed E-state index contributed by atoms with van der Waals surface area (Å²) in [6, 6.07) is 8.08. The first kappa shape index (κ1) is 7.16. The Labute approximate surface area is 71.0 Å². The Morgan fingerprint density at radius 2 is 2.25 bits per heavy atom. The molecule has 0 bridgehead atoms. The van der Waals surface area contributed by atoms with E-state index in [2.05, 4.69) is 16.6 Å². The van der Waals surface area contributed by atoms with E-state index in [0.29, 0.717) is 5.90 Å². The van der Waals surface area contributed by atoms with Crippen molar-refractivity contribution in [3.8, 4) is 0 Å². The third-order valence-corrected chi connectivity index (χ3v) is 1.89. The van der Waals surface area contributed by atoms with Crippen LogP contribution in [0.2, 0.25) is 0 Å². The average molecular weight is 162 g/mol. The van der Waals surface area contributed by atoms with Gasteiger partial charge in [0.2, 0.25) is 5.90 Å². The molecule has 0 saturated heterocycles. The van der Waals surface area contributed by atoms with Crippen LogP contribution in [0.5, 0.6) is 0 Å². The van der Waals surface area contributed by atoms with E-state index in [4.69, 9.17) is 4.74 Å². The topological polar surface area (TPSA) is 33.6 Å². The van der Waals surface area contributed by atoms with Gasteiger partial charge < -0.3 is 10.2 Å². The van der Waals surface area contributed by atoms with E-state index in [1.54, 1.807) is 7.11 Å². The highest BCUT2D eigenvalue weighted by Crippen LogP contribution is 2.13. The fourth-order valence-electron chi connectivity index (χ4n) is 1.30. The lowest BCUT2D eigenvalue weighted by Gasteiger charge is -2.15. The van der Waals surface area contributed by atoms with Crippen molar-refractivity contribution in [2.75, 3.05) is 7.11 Å². The molecule has 1 N–H and O–H groups in total. The summed E-state index contributed by atoms with van der Waals surface area (Å²) in [5.41, 5.74) is 5.21. The van der Waals surface area contributed by atoms with Crippen LogP contribution >= 0.6 is 0 Å². The largest absolute Gasteiger partial charge is 0.480 e. The summed E-state index contributed by atoms with van der Waals surface area (Å²) in [5, 5.41) is 4.03. The van der Waals surface area contributed by atoms with Crippen molar-refractivity contribution < 1.29 is 4.74 Å². The zero-order valence-corrected chi connectivity index (χ0v) is 6.87. The molecule has 3 heteroatoms. The number of hydrogen-bond donors (Lipinski definition) is 1. The second-order valence-electron chi connectivity index (χ2n) is 2.61. The maximum absolute atomic E-state index is 5.11. The smallest absolute Gasteiger partial charge is 0.237 e. The summed E-state index contributed by atoms with van der Waals surface area (Å²) in [4.78, 5) is 0. The molecule has 0 atom stereocenters. The maximum Gasteiger partial charge on any atom is 0.237 e. The normalized spacial score (nSPS) is 14.2. The predicted octanol–water partition coefficient (Wildman–Crippen LogP) is 1.10. The van der Waals surface area contributed by atoms with Crippen molar-refractivity contribution in [3.05, 3.63) is 35.4 Å². The highest BCUT2D eigenvalue weighted by molar-refractivity contribution is 5.95. The number of benzene rings is 1. The van der Waals surface area contributed by atoms with Gasteiger partial charge in [0.05, 0.1) is 13.7 Å². The van der Waals surface area contributed by atoms with E-state index in [1.807, 2.05) is 18.2 Å². The van der Waals surface area contributed by atoms with E-state index in [0.717, 1.165) is 12.1 Å². The van der Waals surface area contributed by atoms with Crippen molar-refractivity contribution in [2.45, 2.75) is 6.54 Å². The minimum Gasteiger partial charge on any atom is -0.480 e. The number of hydrazone groups is 1. The molecule has 0 aliphatic carbocycles. The van der Waals surface area contributed by atoms with Gasteiger partial charge in [0.1, 0.15) is 0 Å². The molecule has 0 amide bonds. The van der Waals surface area contributed by atoms with E-state index >= 15 is 0 Å². The second kappa shape index (κ2) is 2.85. The van der Waals surface area contributed by atoms with Gasteiger partial charge in [0.15, 0.2) is 0 Å². The highest BCUT2D eigenvalue weighted by Gasteiger charge is 2.12. The molecular weight excluding hydrogens is 152 g/mol. The monoisotopic (exact) mass is 162 g/mol. The Balaban J connectivity index is 2.48. The van der Waals surface area contributed by atoms with Gasteiger partial charge in [-0.1, -0.05) is 18.2 Å². The fraction of sp³-hybridized carbons (Fsp3) is 0.222. The molecule has 62 valence electrons. The van der Waals surface area contributed by atoms with Gasteiger partial charge in [-0.3, -0.25) is 0 Å². The van der Waals surface area contributed by atoms with Crippen LogP contribution < -0.4 is 5.43 Å². The van der Waals surface area contributed by atoms with Gasteiger partial charge in [0, 0.05) is 5.56 Å². The van der Waals surface area contributed by atoms with Crippen molar-refractivity contribution >= 4 is 5.90 Å². The standard InChI is InChI=1S/C9H10N2O/c1-12-9-8-5-3-2-4-7(8)6-10-11-9/h2-5,10H,6H2,1H3. The van der Waals surface area contributed by atoms with Crippen LogP contribution in [-0.2, 0) is 11.3 Å². The maximum atomic E-state index is 5.11. The van der Waals surface area contributed by atoms with Crippen LogP contribution in [0.4, 0.5) is 0 Å². The number of ether oxygens (including phenoxy) is 1. The summed E-state index contributed by atoms with van der Waals surface area (Å²) in [6.45, 7) is 0.781. The SMILES string of the molecule is COC1=NNCc2ccccc21. The molecule has 2 rings (SSSR count). The summed E-state index contributed by atoms with van der Waals surface area (Å²) >= 11 is 0. The lowest BCUT2D eigenvalue weighted by Crippen LogP contribution is -2.21. The summed E-state index contributed by atoms with van der Waals surface area (Å²) < 4.78 is 5.11. The number of rotatable bonds is 0. The molecule has 0 spiro atoms. The minimum absolute atomic E-state index is 0.664. The molecule has 0 radical (unpaired) electrons. The van der Waals surface area contributed by atoms with E-state index < -0.39 is 0 Å². The molecule has 0 fully saturated rings. The third-order valence-electron chi connectivity index (χ3n) is 1.89. The van der Waals surface area contributed by atoms with Crippen LogP contribution in [0.1, 0.15) is 11.1 Å². The van der Waals surface area contributed by atoms with Crippen molar-refractivity contribution in [1.82, 2.24) is 5.43 Å². The first-order valence-corrected chi connectivity index (χ1v) is 3.84. The summed E-state index contributed by atoms with van der Waals surface area (Å²) in [7, 11) is 1.63. The van der Waals surface area contributed by atoms with Gasteiger partial charge in [-0.2, -0.15) is 0 Å². The van der Waals surface area contributed by atoms with Gasteiger partial charge in [0.25, 0.3) is 0 Å². The Morgan fingerprint density at radius 3 is 3.08 bits per heavy atom. The van der Waals surface area contributed by atoms with Crippen LogP contribution in [-0.4, -0.2) is 13.0 Å². The Hall–Kier alpha value is -1.51. The van der Waals surface area contributed by atoms with Gasteiger partial charge in [-0.25, -0.2) is 0 Å². The molecule has 0 saturated carbocycles. The van der Waals surface area contributed by atoms with Crippen LogP contribution in [0, 0.1) is 0 Å². The van der Waals surface area contributed by atoms with Gasteiger partial charge >= 0.3 is 0 Å². The van der Waals surface area contributed by atoms with Crippen LogP contribution in [0.15, 0.2) is 29.4 Å². The molecule has 1 aromatic carbocycles. The van der Waals surface area contributed by atoms with Gasteiger partial charge in [-0.15, -0.1) is 5.10 Å². The predicted molar refractivity (Wildman–Crippen MR) is 46.8 cm³/mol. The molecular formula is C9H10N2O. The van der Waals surface area contributed by atoms with E-state index in [1.165, 1.54) is 5.56 Å². The first-order chi connectivity index (χ1) is 5.92. The fourth-order valence-corrected chi connectivity index (χ4v) is 1.30. The summed E-state index contributed by atoms with van der Waals surface area (Å²) in [6.07, 6.45) is 0. The molecule has 0 aromatic heterocycles. The Bertz CT molecular complexity index is 320. The molecule has 1 aliphatic rings. The average Bonchev–Trinajstić information content (AvgIpc) is 2.17. The lowest BCUT2D eigenvalue weighted by atomic mass is 10.1. The molecule has 1 aromatic rings. The molecule has 3 nitrogen and oxygen atoms in total. The zero-order valence-electron chi connectivity index (χ0n) is 6.87. The first-order valence-electron chi connectivity index (χ1n) is 3.84. The molecule has 1 aliphatic heterocycles. The minimum atomic E-state index is 0.664. The third kappa shape index (κ3) is 1.03. The molecule has 0 unspecified atom stereocenters. The highest BCUT2D eigenvalue weighted by atomic mass is 16.5. The second-order valence-corrected chi connectivity index (χ2v) is 2.61. The Morgan fingerprint density at radius 1 is 1.42 bits per heavy atom. The lowest BCUT2D eigenvalue weighted by molar-refractivity contribution is 0.394. The quantitative estimate of drug-likeness (QED) is 0.619.